The molecule has 0 saturated carbocycles. The Morgan fingerprint density at radius 1 is 1.15 bits per heavy atom. The van der Waals surface area contributed by atoms with Crippen molar-refractivity contribution in [1.82, 2.24) is 5.32 Å². The van der Waals surface area contributed by atoms with E-state index in [2.05, 4.69) is 10.1 Å². The SMILES string of the molecule is O=C(/C=C/c1ccccc1OC(F)F)NCc1ccc2c(c1)OCCO2. The number of rotatable bonds is 6. The predicted molar refractivity (Wildman–Crippen MR) is 91.4 cm³/mol. The van der Waals surface area contributed by atoms with Crippen molar-refractivity contribution >= 4 is 12.0 Å². The van der Waals surface area contributed by atoms with Gasteiger partial charge in [-0.1, -0.05) is 24.3 Å². The molecular formula is C19H17F2NO4. The number of para-hydroxylation sites is 1. The highest BCUT2D eigenvalue weighted by molar-refractivity contribution is 5.92. The van der Waals surface area contributed by atoms with Gasteiger partial charge in [0.15, 0.2) is 11.5 Å². The summed E-state index contributed by atoms with van der Waals surface area (Å²) in [6, 6.07) is 11.7. The van der Waals surface area contributed by atoms with E-state index in [0.29, 0.717) is 36.8 Å². The summed E-state index contributed by atoms with van der Waals surface area (Å²) < 4.78 is 40.1. The van der Waals surface area contributed by atoms with Crippen molar-refractivity contribution in [3.63, 3.8) is 0 Å². The summed E-state index contributed by atoms with van der Waals surface area (Å²) in [5.41, 5.74) is 1.25. The molecule has 3 rings (SSSR count). The number of amides is 1. The van der Waals surface area contributed by atoms with Gasteiger partial charge in [0, 0.05) is 18.2 Å². The maximum atomic E-state index is 12.4. The van der Waals surface area contributed by atoms with Crippen LogP contribution in [0.25, 0.3) is 6.08 Å². The molecule has 0 aliphatic carbocycles. The van der Waals surface area contributed by atoms with Crippen LogP contribution in [0.1, 0.15) is 11.1 Å². The summed E-state index contributed by atoms with van der Waals surface area (Å²) in [5, 5.41) is 2.73. The number of hydrogen-bond donors (Lipinski definition) is 1. The topological polar surface area (TPSA) is 56.8 Å². The molecule has 0 spiro atoms. The minimum Gasteiger partial charge on any atom is -0.486 e. The number of carbonyl (C=O) groups is 1. The normalized spacial score (nSPS) is 13.0. The molecule has 136 valence electrons. The highest BCUT2D eigenvalue weighted by Crippen LogP contribution is 2.30. The largest absolute Gasteiger partial charge is 0.486 e. The van der Waals surface area contributed by atoms with Gasteiger partial charge in [0.25, 0.3) is 0 Å². The quantitative estimate of drug-likeness (QED) is 0.802. The zero-order chi connectivity index (χ0) is 18.4. The minimum atomic E-state index is -2.92. The molecule has 7 heteroatoms. The van der Waals surface area contributed by atoms with Crippen LogP contribution in [0.3, 0.4) is 0 Å². The first-order valence-electron chi connectivity index (χ1n) is 8.00. The number of carbonyl (C=O) groups excluding carboxylic acids is 1. The highest BCUT2D eigenvalue weighted by atomic mass is 19.3. The fourth-order valence-corrected chi connectivity index (χ4v) is 2.43. The molecular weight excluding hydrogens is 344 g/mol. The molecule has 0 atom stereocenters. The third kappa shape index (κ3) is 4.72. The Morgan fingerprint density at radius 2 is 1.92 bits per heavy atom. The third-order valence-corrected chi connectivity index (χ3v) is 3.62. The molecule has 1 heterocycles. The summed E-state index contributed by atoms with van der Waals surface area (Å²) >= 11 is 0. The third-order valence-electron chi connectivity index (χ3n) is 3.62. The van der Waals surface area contributed by atoms with Crippen LogP contribution in [0.15, 0.2) is 48.5 Å². The fraction of sp³-hybridized carbons (Fsp3) is 0.211. The summed E-state index contributed by atoms with van der Waals surface area (Å²) in [4.78, 5) is 12.0. The number of halogens is 2. The molecule has 1 N–H and O–H groups in total. The van der Waals surface area contributed by atoms with E-state index in [0.717, 1.165) is 5.56 Å². The number of benzene rings is 2. The van der Waals surface area contributed by atoms with Gasteiger partial charge in [-0.05, 0) is 29.8 Å². The molecule has 1 amide bonds. The number of hydrogen-bond acceptors (Lipinski definition) is 4. The van der Waals surface area contributed by atoms with Gasteiger partial charge in [-0.3, -0.25) is 4.79 Å². The molecule has 0 radical (unpaired) electrons. The van der Waals surface area contributed by atoms with Gasteiger partial charge >= 0.3 is 6.61 Å². The predicted octanol–water partition coefficient (Wildman–Crippen LogP) is 3.39. The molecule has 5 nitrogen and oxygen atoms in total. The van der Waals surface area contributed by atoms with E-state index in [1.165, 1.54) is 18.2 Å². The van der Waals surface area contributed by atoms with Crippen LogP contribution < -0.4 is 19.5 Å². The van der Waals surface area contributed by atoms with Gasteiger partial charge < -0.3 is 19.5 Å². The average Bonchev–Trinajstić information content (AvgIpc) is 2.65. The summed E-state index contributed by atoms with van der Waals surface area (Å²) in [7, 11) is 0. The van der Waals surface area contributed by atoms with E-state index in [1.807, 2.05) is 12.1 Å². The highest BCUT2D eigenvalue weighted by Gasteiger charge is 2.12. The van der Waals surface area contributed by atoms with Crippen LogP contribution in [0.2, 0.25) is 0 Å². The van der Waals surface area contributed by atoms with E-state index in [1.54, 1.807) is 24.3 Å². The maximum absolute atomic E-state index is 12.4. The monoisotopic (exact) mass is 361 g/mol. The molecule has 0 saturated heterocycles. The van der Waals surface area contributed by atoms with Crippen molar-refractivity contribution in [2.24, 2.45) is 0 Å². The molecule has 1 aliphatic rings. The van der Waals surface area contributed by atoms with Crippen molar-refractivity contribution in [3.8, 4) is 17.2 Å². The molecule has 0 fully saturated rings. The van der Waals surface area contributed by atoms with Crippen LogP contribution in [0.4, 0.5) is 8.78 Å². The van der Waals surface area contributed by atoms with Crippen LogP contribution in [-0.2, 0) is 11.3 Å². The van der Waals surface area contributed by atoms with Crippen molar-refractivity contribution in [3.05, 3.63) is 59.7 Å². The molecule has 26 heavy (non-hydrogen) atoms. The number of fused-ring (bicyclic) bond motifs is 1. The first kappa shape index (κ1) is 17.7. The van der Waals surface area contributed by atoms with Crippen molar-refractivity contribution in [1.29, 1.82) is 0 Å². The Labute approximate surface area is 149 Å². The second-order valence-electron chi connectivity index (χ2n) is 5.45. The first-order valence-corrected chi connectivity index (χ1v) is 8.00. The second-order valence-corrected chi connectivity index (χ2v) is 5.45. The lowest BCUT2D eigenvalue weighted by Gasteiger charge is -2.18. The maximum Gasteiger partial charge on any atom is 0.387 e. The van der Waals surface area contributed by atoms with Crippen molar-refractivity contribution in [2.45, 2.75) is 13.2 Å². The van der Waals surface area contributed by atoms with Gasteiger partial charge in [0.05, 0.1) is 0 Å². The molecule has 0 unspecified atom stereocenters. The van der Waals surface area contributed by atoms with Gasteiger partial charge in [0.1, 0.15) is 19.0 Å². The van der Waals surface area contributed by atoms with E-state index < -0.39 is 6.61 Å². The first-order chi connectivity index (χ1) is 12.6. The van der Waals surface area contributed by atoms with Crippen LogP contribution >= 0.6 is 0 Å². The lowest BCUT2D eigenvalue weighted by molar-refractivity contribution is -0.116. The van der Waals surface area contributed by atoms with Gasteiger partial charge in [-0.15, -0.1) is 0 Å². The zero-order valence-corrected chi connectivity index (χ0v) is 13.8. The fourth-order valence-electron chi connectivity index (χ4n) is 2.43. The zero-order valence-electron chi connectivity index (χ0n) is 13.8. The van der Waals surface area contributed by atoms with Crippen molar-refractivity contribution in [2.75, 3.05) is 13.2 Å². The summed E-state index contributed by atoms with van der Waals surface area (Å²) in [5.74, 6) is 0.989. The van der Waals surface area contributed by atoms with E-state index in [-0.39, 0.29) is 11.7 Å². The minimum absolute atomic E-state index is 0.0124. The van der Waals surface area contributed by atoms with Gasteiger partial charge in [-0.2, -0.15) is 8.78 Å². The Bertz CT molecular complexity index is 808. The standard InChI is InChI=1S/C19H17F2NO4/c20-19(21)26-15-4-2-1-3-14(15)6-8-18(23)22-12-13-5-7-16-17(11-13)25-10-9-24-16/h1-8,11,19H,9-10,12H2,(H,22,23)/b8-6+. The van der Waals surface area contributed by atoms with Crippen LogP contribution in [0, 0.1) is 0 Å². The Kier molecular flexibility index (Phi) is 5.68. The Morgan fingerprint density at radius 3 is 2.73 bits per heavy atom. The molecule has 1 aliphatic heterocycles. The van der Waals surface area contributed by atoms with E-state index in [4.69, 9.17) is 9.47 Å². The Balaban J connectivity index is 1.58. The smallest absolute Gasteiger partial charge is 0.387 e. The Hall–Kier alpha value is -3.09. The average molecular weight is 361 g/mol. The summed E-state index contributed by atoms with van der Waals surface area (Å²) in [6.07, 6.45) is 2.70. The second kappa shape index (κ2) is 8.33. The lowest BCUT2D eigenvalue weighted by atomic mass is 10.1. The molecule has 0 bridgehead atoms. The number of ether oxygens (including phenoxy) is 3. The van der Waals surface area contributed by atoms with Gasteiger partial charge in [-0.25, -0.2) is 0 Å². The van der Waals surface area contributed by atoms with Crippen LogP contribution in [0.5, 0.6) is 17.2 Å². The summed E-state index contributed by atoms with van der Waals surface area (Å²) in [6.45, 7) is -1.61. The molecule has 0 aromatic heterocycles. The van der Waals surface area contributed by atoms with E-state index >= 15 is 0 Å². The lowest BCUT2D eigenvalue weighted by Crippen LogP contribution is -2.21. The number of nitrogens with one attached hydrogen (secondary N) is 1. The van der Waals surface area contributed by atoms with Crippen LogP contribution in [-0.4, -0.2) is 25.7 Å². The molecule has 2 aromatic rings. The molecule has 2 aromatic carbocycles. The van der Waals surface area contributed by atoms with Crippen molar-refractivity contribution < 1.29 is 27.8 Å². The number of alkyl halides is 2. The van der Waals surface area contributed by atoms with Gasteiger partial charge in [0.2, 0.25) is 5.91 Å². The van der Waals surface area contributed by atoms with E-state index in [9.17, 15) is 13.6 Å².